The fourth-order valence-electron chi connectivity index (χ4n) is 4.13. The van der Waals surface area contributed by atoms with E-state index in [-0.39, 0.29) is 24.3 Å². The molecule has 2 amide bonds. The maximum absolute atomic E-state index is 13.8. The first-order chi connectivity index (χ1) is 16.2. The summed E-state index contributed by atoms with van der Waals surface area (Å²) in [6.45, 7) is 10.4. The number of aryl methyl sites for hydroxylation is 3. The lowest BCUT2D eigenvalue weighted by molar-refractivity contribution is -0.141. The topological polar surface area (TPSA) is 49.4 Å². The Labute approximate surface area is 204 Å². The molecule has 3 rings (SSSR count). The van der Waals surface area contributed by atoms with E-state index >= 15 is 0 Å². The van der Waals surface area contributed by atoms with Gasteiger partial charge < -0.3 is 10.2 Å². The molecule has 178 valence electrons. The van der Waals surface area contributed by atoms with E-state index in [1.54, 1.807) is 4.90 Å². The summed E-state index contributed by atoms with van der Waals surface area (Å²) in [6.07, 6.45) is 0.719. The van der Waals surface area contributed by atoms with Crippen molar-refractivity contribution in [3.05, 3.63) is 106 Å². The van der Waals surface area contributed by atoms with Crippen molar-refractivity contribution in [2.45, 2.75) is 66.1 Å². The summed E-state index contributed by atoms with van der Waals surface area (Å²) in [6, 6.07) is 23.5. The van der Waals surface area contributed by atoms with Gasteiger partial charge in [-0.05, 0) is 62.4 Å². The minimum atomic E-state index is -0.607. The van der Waals surface area contributed by atoms with Gasteiger partial charge in [-0.2, -0.15) is 0 Å². The highest BCUT2D eigenvalue weighted by atomic mass is 16.2. The van der Waals surface area contributed by atoms with Crippen LogP contribution in [-0.4, -0.2) is 28.8 Å². The van der Waals surface area contributed by atoms with E-state index in [1.165, 1.54) is 5.56 Å². The fourth-order valence-corrected chi connectivity index (χ4v) is 4.13. The van der Waals surface area contributed by atoms with E-state index in [1.807, 2.05) is 75.4 Å². The van der Waals surface area contributed by atoms with E-state index in [2.05, 4.69) is 37.4 Å². The third kappa shape index (κ3) is 7.05. The molecule has 1 N–H and O–H groups in total. The SMILES string of the molecule is Cc1cccc(CN(C(=O)Cc2ccc(C)c(C)c2)C(Cc2ccccc2)C(=O)NC(C)C)c1. The van der Waals surface area contributed by atoms with Crippen LogP contribution in [0.4, 0.5) is 0 Å². The van der Waals surface area contributed by atoms with Gasteiger partial charge in [-0.15, -0.1) is 0 Å². The van der Waals surface area contributed by atoms with Crippen LogP contribution in [0, 0.1) is 20.8 Å². The van der Waals surface area contributed by atoms with E-state index in [9.17, 15) is 9.59 Å². The molecule has 0 saturated carbocycles. The normalized spacial score (nSPS) is 11.8. The first-order valence-corrected chi connectivity index (χ1v) is 12.0. The predicted molar refractivity (Wildman–Crippen MR) is 139 cm³/mol. The average molecular weight is 457 g/mol. The minimum absolute atomic E-state index is 0.0126. The summed E-state index contributed by atoms with van der Waals surface area (Å²) in [4.78, 5) is 28.9. The van der Waals surface area contributed by atoms with Crippen molar-refractivity contribution < 1.29 is 9.59 Å². The van der Waals surface area contributed by atoms with Gasteiger partial charge in [0.1, 0.15) is 6.04 Å². The van der Waals surface area contributed by atoms with Crippen LogP contribution in [-0.2, 0) is 29.0 Å². The highest BCUT2D eigenvalue weighted by molar-refractivity contribution is 5.89. The maximum Gasteiger partial charge on any atom is 0.243 e. The summed E-state index contributed by atoms with van der Waals surface area (Å²) >= 11 is 0. The van der Waals surface area contributed by atoms with Crippen LogP contribution in [0.3, 0.4) is 0 Å². The van der Waals surface area contributed by atoms with Crippen LogP contribution in [0.25, 0.3) is 0 Å². The van der Waals surface area contributed by atoms with Crippen molar-refractivity contribution in [3.8, 4) is 0 Å². The smallest absolute Gasteiger partial charge is 0.243 e. The number of carbonyl (C=O) groups excluding carboxylic acids is 2. The van der Waals surface area contributed by atoms with Gasteiger partial charge >= 0.3 is 0 Å². The molecule has 0 aliphatic carbocycles. The molecule has 0 aromatic heterocycles. The Hall–Kier alpha value is -3.40. The molecule has 0 aliphatic heterocycles. The molecule has 0 bridgehead atoms. The second-order valence-electron chi connectivity index (χ2n) is 9.47. The molecule has 0 aliphatic rings. The van der Waals surface area contributed by atoms with Crippen molar-refractivity contribution in [1.29, 1.82) is 0 Å². The van der Waals surface area contributed by atoms with Gasteiger partial charge in [0.15, 0.2) is 0 Å². The van der Waals surface area contributed by atoms with E-state index in [0.717, 1.165) is 27.8 Å². The number of nitrogens with one attached hydrogen (secondary N) is 1. The van der Waals surface area contributed by atoms with Gasteiger partial charge in [-0.3, -0.25) is 9.59 Å². The van der Waals surface area contributed by atoms with Crippen LogP contribution >= 0.6 is 0 Å². The number of hydrogen-bond donors (Lipinski definition) is 1. The highest BCUT2D eigenvalue weighted by Crippen LogP contribution is 2.18. The van der Waals surface area contributed by atoms with Crippen LogP contribution in [0.5, 0.6) is 0 Å². The van der Waals surface area contributed by atoms with Gasteiger partial charge in [-0.1, -0.05) is 78.4 Å². The number of amides is 2. The standard InChI is InChI=1S/C30H36N2O2/c1-21(2)31-30(34)28(18-25-11-7-6-8-12-25)32(20-27-13-9-10-22(3)16-27)29(33)19-26-15-14-23(4)24(5)17-26/h6-17,21,28H,18-20H2,1-5H3,(H,31,34). The van der Waals surface area contributed by atoms with E-state index in [4.69, 9.17) is 0 Å². The van der Waals surface area contributed by atoms with Crippen LogP contribution < -0.4 is 5.32 Å². The lowest BCUT2D eigenvalue weighted by Gasteiger charge is -2.32. The largest absolute Gasteiger partial charge is 0.352 e. The monoisotopic (exact) mass is 456 g/mol. The van der Waals surface area contributed by atoms with Crippen molar-refractivity contribution in [2.75, 3.05) is 0 Å². The third-order valence-electron chi connectivity index (χ3n) is 6.06. The average Bonchev–Trinajstić information content (AvgIpc) is 2.79. The number of carbonyl (C=O) groups is 2. The summed E-state index contributed by atoms with van der Waals surface area (Å²) in [5.74, 6) is -0.176. The molecule has 3 aromatic rings. The Morgan fingerprint density at radius 2 is 1.50 bits per heavy atom. The zero-order chi connectivity index (χ0) is 24.7. The summed E-state index contributed by atoms with van der Waals surface area (Å²) in [5, 5.41) is 3.04. The number of benzene rings is 3. The predicted octanol–water partition coefficient (Wildman–Crippen LogP) is 5.32. The molecule has 3 aromatic carbocycles. The molecule has 0 heterocycles. The molecule has 0 radical (unpaired) electrons. The van der Waals surface area contributed by atoms with Crippen LogP contribution in [0.1, 0.15) is 47.2 Å². The fraction of sp³-hybridized carbons (Fsp3) is 0.333. The van der Waals surface area contributed by atoms with Gasteiger partial charge in [0.2, 0.25) is 11.8 Å². The zero-order valence-electron chi connectivity index (χ0n) is 21.0. The Bertz CT molecular complexity index is 1120. The van der Waals surface area contributed by atoms with E-state index < -0.39 is 6.04 Å². The van der Waals surface area contributed by atoms with Crippen LogP contribution in [0.15, 0.2) is 72.8 Å². The summed E-state index contributed by atoms with van der Waals surface area (Å²) in [5.41, 5.74) is 6.50. The molecule has 0 fully saturated rings. The molecule has 34 heavy (non-hydrogen) atoms. The quantitative estimate of drug-likeness (QED) is 0.474. The number of hydrogen-bond acceptors (Lipinski definition) is 2. The Kier molecular flexibility index (Phi) is 8.64. The third-order valence-corrected chi connectivity index (χ3v) is 6.06. The summed E-state index contributed by atoms with van der Waals surface area (Å²) < 4.78 is 0. The molecule has 0 saturated heterocycles. The minimum Gasteiger partial charge on any atom is -0.352 e. The van der Waals surface area contributed by atoms with Crippen LogP contribution in [0.2, 0.25) is 0 Å². The van der Waals surface area contributed by atoms with Gasteiger partial charge in [0, 0.05) is 19.0 Å². The Balaban J connectivity index is 1.98. The lowest BCUT2D eigenvalue weighted by Crippen LogP contribution is -2.52. The molecular weight excluding hydrogens is 420 g/mol. The molecule has 1 unspecified atom stereocenters. The van der Waals surface area contributed by atoms with Gasteiger partial charge in [0.05, 0.1) is 6.42 Å². The van der Waals surface area contributed by atoms with E-state index in [0.29, 0.717) is 13.0 Å². The summed E-state index contributed by atoms with van der Waals surface area (Å²) in [7, 11) is 0. The molecular formula is C30H36N2O2. The van der Waals surface area contributed by atoms with Gasteiger partial charge in [-0.25, -0.2) is 0 Å². The Morgan fingerprint density at radius 3 is 2.15 bits per heavy atom. The highest BCUT2D eigenvalue weighted by Gasteiger charge is 2.30. The van der Waals surface area contributed by atoms with Gasteiger partial charge in [0.25, 0.3) is 0 Å². The maximum atomic E-state index is 13.8. The first-order valence-electron chi connectivity index (χ1n) is 12.0. The molecule has 4 nitrogen and oxygen atoms in total. The molecule has 4 heteroatoms. The first kappa shape index (κ1) is 25.2. The molecule has 0 spiro atoms. The van der Waals surface area contributed by atoms with Crippen molar-refractivity contribution in [3.63, 3.8) is 0 Å². The zero-order valence-corrected chi connectivity index (χ0v) is 21.0. The lowest BCUT2D eigenvalue weighted by atomic mass is 10.00. The Morgan fingerprint density at radius 1 is 0.794 bits per heavy atom. The number of rotatable bonds is 9. The number of nitrogens with zero attached hydrogens (tertiary/aromatic N) is 1. The molecule has 1 atom stereocenters. The second-order valence-corrected chi connectivity index (χ2v) is 9.47. The van der Waals surface area contributed by atoms with Crippen molar-refractivity contribution >= 4 is 11.8 Å². The second kappa shape index (κ2) is 11.6. The van der Waals surface area contributed by atoms with Crippen molar-refractivity contribution in [1.82, 2.24) is 10.2 Å². The van der Waals surface area contributed by atoms with Crippen molar-refractivity contribution in [2.24, 2.45) is 0 Å².